The summed E-state index contributed by atoms with van der Waals surface area (Å²) in [5.74, 6) is 1.41. The molecule has 4 heteroatoms. The van der Waals surface area contributed by atoms with Crippen molar-refractivity contribution in [1.82, 2.24) is 9.97 Å². The number of anilines is 4. The normalized spacial score (nSPS) is 10.3. The Balaban J connectivity index is 1.86. The van der Waals surface area contributed by atoms with Gasteiger partial charge in [0.15, 0.2) is 11.6 Å². The third-order valence-corrected chi connectivity index (χ3v) is 3.26. The fourth-order valence-corrected chi connectivity index (χ4v) is 2.24. The molecule has 0 aliphatic rings. The minimum atomic E-state index is 0.703. The summed E-state index contributed by atoms with van der Waals surface area (Å²) < 4.78 is 0. The van der Waals surface area contributed by atoms with Crippen molar-refractivity contribution < 1.29 is 0 Å². The minimum absolute atomic E-state index is 0.703. The second-order valence-corrected chi connectivity index (χ2v) is 5.24. The van der Waals surface area contributed by atoms with Gasteiger partial charge in [-0.3, -0.25) is 0 Å². The number of aromatic nitrogens is 2. The largest absolute Gasteiger partial charge is 0.337 e. The Labute approximate surface area is 130 Å². The molecule has 0 unspecified atom stereocenters. The van der Waals surface area contributed by atoms with Crippen molar-refractivity contribution in [3.8, 4) is 0 Å². The van der Waals surface area contributed by atoms with Gasteiger partial charge in [-0.15, -0.1) is 0 Å². The fraction of sp³-hybridized carbons (Fsp3) is 0.111. The third-order valence-electron chi connectivity index (χ3n) is 3.26. The van der Waals surface area contributed by atoms with Crippen LogP contribution in [0.1, 0.15) is 11.1 Å². The lowest BCUT2D eigenvalue weighted by Gasteiger charge is -2.12. The highest BCUT2D eigenvalue weighted by Crippen LogP contribution is 2.24. The molecule has 0 spiro atoms. The van der Waals surface area contributed by atoms with Crippen LogP contribution in [0.5, 0.6) is 0 Å². The van der Waals surface area contributed by atoms with Crippen LogP contribution in [0.4, 0.5) is 23.0 Å². The average Bonchev–Trinajstić information content (AvgIpc) is 2.49. The van der Waals surface area contributed by atoms with Crippen molar-refractivity contribution in [1.29, 1.82) is 0 Å². The molecule has 0 saturated heterocycles. The first-order valence-electron chi connectivity index (χ1n) is 7.19. The van der Waals surface area contributed by atoms with Crippen LogP contribution in [0.25, 0.3) is 0 Å². The van der Waals surface area contributed by atoms with E-state index < -0.39 is 0 Å². The minimum Gasteiger partial charge on any atom is -0.337 e. The van der Waals surface area contributed by atoms with Gasteiger partial charge in [0, 0.05) is 23.8 Å². The topological polar surface area (TPSA) is 49.8 Å². The highest BCUT2D eigenvalue weighted by molar-refractivity contribution is 5.72. The first kappa shape index (κ1) is 14.1. The van der Waals surface area contributed by atoms with E-state index >= 15 is 0 Å². The summed E-state index contributed by atoms with van der Waals surface area (Å²) >= 11 is 0. The maximum atomic E-state index is 4.39. The van der Waals surface area contributed by atoms with Crippen molar-refractivity contribution in [2.45, 2.75) is 13.8 Å². The summed E-state index contributed by atoms with van der Waals surface area (Å²) in [5.41, 5.74) is 4.38. The first-order chi connectivity index (χ1) is 10.7. The Morgan fingerprint density at radius 2 is 1.14 bits per heavy atom. The molecule has 1 heterocycles. The van der Waals surface area contributed by atoms with Gasteiger partial charge in [-0.1, -0.05) is 24.3 Å². The van der Waals surface area contributed by atoms with Gasteiger partial charge in [0.2, 0.25) is 0 Å². The van der Waals surface area contributed by atoms with Gasteiger partial charge in [0.25, 0.3) is 0 Å². The Morgan fingerprint density at radius 1 is 0.682 bits per heavy atom. The summed E-state index contributed by atoms with van der Waals surface area (Å²) in [6.07, 6.45) is 3.36. The number of aryl methyl sites for hydroxylation is 2. The predicted molar refractivity (Wildman–Crippen MR) is 91.0 cm³/mol. The van der Waals surface area contributed by atoms with E-state index in [1.807, 2.05) is 24.3 Å². The molecule has 2 aromatic carbocycles. The van der Waals surface area contributed by atoms with E-state index in [2.05, 4.69) is 58.7 Å². The molecule has 1 aromatic heterocycles. The number of nitrogens with one attached hydrogen (secondary N) is 2. The summed E-state index contributed by atoms with van der Waals surface area (Å²) in [6, 6.07) is 16.3. The maximum Gasteiger partial charge on any atom is 0.173 e. The van der Waals surface area contributed by atoms with E-state index in [1.165, 1.54) is 11.1 Å². The summed E-state index contributed by atoms with van der Waals surface area (Å²) in [5, 5.41) is 6.62. The molecular weight excluding hydrogens is 272 g/mol. The SMILES string of the molecule is Cc1cccc(Nc2nccnc2Nc2cccc(C)c2)c1. The quantitative estimate of drug-likeness (QED) is 0.738. The number of rotatable bonds is 4. The smallest absolute Gasteiger partial charge is 0.173 e. The van der Waals surface area contributed by atoms with Crippen LogP contribution in [0, 0.1) is 13.8 Å². The fourth-order valence-electron chi connectivity index (χ4n) is 2.24. The Hall–Kier alpha value is -2.88. The van der Waals surface area contributed by atoms with E-state index in [4.69, 9.17) is 0 Å². The highest BCUT2D eigenvalue weighted by atomic mass is 15.1. The van der Waals surface area contributed by atoms with Crippen LogP contribution in [0.3, 0.4) is 0 Å². The molecule has 0 saturated carbocycles. The van der Waals surface area contributed by atoms with Crippen LogP contribution in [0.15, 0.2) is 60.9 Å². The van der Waals surface area contributed by atoms with E-state index in [0.29, 0.717) is 11.6 Å². The Kier molecular flexibility index (Phi) is 4.01. The lowest BCUT2D eigenvalue weighted by molar-refractivity contribution is 1.19. The predicted octanol–water partition coefficient (Wildman–Crippen LogP) is 4.58. The van der Waals surface area contributed by atoms with E-state index in [9.17, 15) is 0 Å². The highest BCUT2D eigenvalue weighted by Gasteiger charge is 2.06. The monoisotopic (exact) mass is 290 g/mol. The summed E-state index contributed by atoms with van der Waals surface area (Å²) in [7, 11) is 0. The van der Waals surface area contributed by atoms with Gasteiger partial charge in [0.05, 0.1) is 0 Å². The molecule has 0 amide bonds. The van der Waals surface area contributed by atoms with Gasteiger partial charge in [0.1, 0.15) is 0 Å². The zero-order valence-electron chi connectivity index (χ0n) is 12.7. The Bertz CT molecular complexity index is 717. The number of hydrogen-bond donors (Lipinski definition) is 2. The van der Waals surface area contributed by atoms with E-state index in [1.54, 1.807) is 12.4 Å². The maximum absolute atomic E-state index is 4.39. The molecule has 0 atom stereocenters. The number of nitrogens with zero attached hydrogens (tertiary/aromatic N) is 2. The van der Waals surface area contributed by atoms with Gasteiger partial charge in [-0.2, -0.15) is 0 Å². The molecule has 4 nitrogen and oxygen atoms in total. The average molecular weight is 290 g/mol. The molecule has 0 fully saturated rings. The lowest BCUT2D eigenvalue weighted by atomic mass is 10.2. The van der Waals surface area contributed by atoms with Crippen molar-refractivity contribution in [2.75, 3.05) is 10.6 Å². The molecule has 22 heavy (non-hydrogen) atoms. The van der Waals surface area contributed by atoms with E-state index in [-0.39, 0.29) is 0 Å². The van der Waals surface area contributed by atoms with Crippen LogP contribution >= 0.6 is 0 Å². The van der Waals surface area contributed by atoms with Gasteiger partial charge >= 0.3 is 0 Å². The van der Waals surface area contributed by atoms with Crippen LogP contribution in [0.2, 0.25) is 0 Å². The van der Waals surface area contributed by atoms with Crippen molar-refractivity contribution in [2.24, 2.45) is 0 Å². The molecule has 3 rings (SSSR count). The van der Waals surface area contributed by atoms with Crippen LogP contribution in [-0.2, 0) is 0 Å². The van der Waals surface area contributed by atoms with Crippen LogP contribution < -0.4 is 10.6 Å². The van der Waals surface area contributed by atoms with Gasteiger partial charge in [-0.05, 0) is 49.2 Å². The van der Waals surface area contributed by atoms with Gasteiger partial charge < -0.3 is 10.6 Å². The lowest BCUT2D eigenvalue weighted by Crippen LogP contribution is -2.02. The second kappa shape index (κ2) is 6.26. The number of benzene rings is 2. The van der Waals surface area contributed by atoms with Gasteiger partial charge in [-0.25, -0.2) is 9.97 Å². The molecular formula is C18H18N4. The molecule has 0 aliphatic carbocycles. The molecule has 2 N–H and O–H groups in total. The van der Waals surface area contributed by atoms with Crippen molar-refractivity contribution in [3.63, 3.8) is 0 Å². The molecule has 110 valence electrons. The zero-order chi connectivity index (χ0) is 15.4. The van der Waals surface area contributed by atoms with Crippen LogP contribution in [-0.4, -0.2) is 9.97 Å². The standard InChI is InChI=1S/C18H18N4/c1-13-5-3-7-15(11-13)21-17-18(20-10-9-19-17)22-16-8-4-6-14(2)12-16/h3-12H,1-2H3,(H,19,21)(H,20,22). The number of hydrogen-bond acceptors (Lipinski definition) is 4. The molecule has 0 radical (unpaired) electrons. The zero-order valence-corrected chi connectivity index (χ0v) is 12.7. The molecule has 3 aromatic rings. The molecule has 0 bridgehead atoms. The Morgan fingerprint density at radius 3 is 1.55 bits per heavy atom. The third kappa shape index (κ3) is 3.41. The van der Waals surface area contributed by atoms with Crippen molar-refractivity contribution >= 4 is 23.0 Å². The molecule has 0 aliphatic heterocycles. The van der Waals surface area contributed by atoms with E-state index in [0.717, 1.165) is 11.4 Å². The first-order valence-corrected chi connectivity index (χ1v) is 7.19. The summed E-state index contributed by atoms with van der Waals surface area (Å²) in [6.45, 7) is 4.13. The summed E-state index contributed by atoms with van der Waals surface area (Å²) in [4.78, 5) is 8.77. The second-order valence-electron chi connectivity index (χ2n) is 5.24. The van der Waals surface area contributed by atoms with Crippen molar-refractivity contribution in [3.05, 3.63) is 72.1 Å².